The lowest BCUT2D eigenvalue weighted by molar-refractivity contribution is -0.136. The minimum atomic E-state index is -1.56. The van der Waals surface area contributed by atoms with Crippen LogP contribution < -0.4 is 37.6 Å². The van der Waals surface area contributed by atoms with Gasteiger partial charge in [-0.25, -0.2) is 0 Å². The zero-order chi connectivity index (χ0) is 28.8. The van der Waals surface area contributed by atoms with Crippen molar-refractivity contribution in [3.63, 3.8) is 0 Å². The first-order valence-electron chi connectivity index (χ1n) is 12.3. The van der Waals surface area contributed by atoms with Gasteiger partial charge in [-0.2, -0.15) is 0 Å². The lowest BCUT2D eigenvalue weighted by atomic mass is 10.1. The molecule has 0 aromatic heterocycles. The molecule has 0 aliphatic carbocycles. The average Bonchev–Trinajstić information content (AvgIpc) is 2.86. The Kier molecular flexibility index (Phi) is 14.2. The third-order valence-corrected chi connectivity index (χ3v) is 5.92. The minimum absolute atomic E-state index is 0.00614. The van der Waals surface area contributed by atoms with Crippen molar-refractivity contribution in [1.29, 1.82) is 0 Å². The number of aliphatic hydroxyl groups is 3. The number of carbonyl (C=O) groups is 6. The van der Waals surface area contributed by atoms with Crippen LogP contribution in [-0.4, -0.2) is 114 Å². The van der Waals surface area contributed by atoms with E-state index in [2.05, 4.69) is 31.9 Å². The number of likely N-dealkylation sites (N-methyl/N-ethyl adjacent to an activating group) is 1. The lowest BCUT2D eigenvalue weighted by Crippen LogP contribution is -2.61. The van der Waals surface area contributed by atoms with Crippen LogP contribution in [0.4, 0.5) is 0 Å². The molecule has 6 atom stereocenters. The van der Waals surface area contributed by atoms with Crippen molar-refractivity contribution in [3.8, 4) is 0 Å². The number of hydrogen-bond donors (Lipinski definition) is 10. The van der Waals surface area contributed by atoms with Crippen molar-refractivity contribution in [2.24, 2.45) is 5.73 Å². The van der Waals surface area contributed by atoms with Crippen molar-refractivity contribution < 1.29 is 44.1 Å². The smallest absolute Gasteiger partial charge is 0.245 e. The van der Waals surface area contributed by atoms with Crippen molar-refractivity contribution in [3.05, 3.63) is 0 Å². The van der Waals surface area contributed by atoms with Crippen LogP contribution in [0, 0.1) is 0 Å². The summed E-state index contributed by atoms with van der Waals surface area (Å²) in [6.45, 7) is -0.164. The quantitative estimate of drug-likeness (QED) is 0.145. The zero-order valence-corrected chi connectivity index (χ0v) is 21.5. The van der Waals surface area contributed by atoms with Gasteiger partial charge in [-0.1, -0.05) is 0 Å². The van der Waals surface area contributed by atoms with E-state index in [0.717, 1.165) is 0 Å². The van der Waals surface area contributed by atoms with Crippen LogP contribution in [0.2, 0.25) is 0 Å². The molecular weight excluding hydrogens is 506 g/mol. The Hall–Kier alpha value is -3.34. The van der Waals surface area contributed by atoms with Gasteiger partial charge >= 0.3 is 0 Å². The fourth-order valence-electron chi connectivity index (χ4n) is 3.61. The summed E-state index contributed by atoms with van der Waals surface area (Å²) in [6, 6.07) is -6.57. The van der Waals surface area contributed by atoms with E-state index in [1.807, 2.05) is 0 Å². The molecule has 1 aliphatic rings. The van der Waals surface area contributed by atoms with E-state index in [9.17, 15) is 44.1 Å². The first-order chi connectivity index (χ1) is 17.9. The molecule has 0 saturated carbocycles. The van der Waals surface area contributed by atoms with Crippen molar-refractivity contribution in [2.45, 2.75) is 75.3 Å². The van der Waals surface area contributed by atoms with E-state index in [0.29, 0.717) is 12.8 Å². The molecule has 0 bridgehead atoms. The zero-order valence-electron chi connectivity index (χ0n) is 21.5. The van der Waals surface area contributed by atoms with Gasteiger partial charge in [0.15, 0.2) is 0 Å². The van der Waals surface area contributed by atoms with E-state index >= 15 is 0 Å². The van der Waals surface area contributed by atoms with Gasteiger partial charge in [0.2, 0.25) is 35.4 Å². The summed E-state index contributed by atoms with van der Waals surface area (Å²) in [7, 11) is 1.50. The number of hydrogen-bond acceptors (Lipinski definition) is 10. The molecule has 16 heteroatoms. The van der Waals surface area contributed by atoms with Crippen LogP contribution >= 0.6 is 0 Å². The number of nitrogens with two attached hydrogens (primary N) is 1. The third-order valence-electron chi connectivity index (χ3n) is 5.92. The third kappa shape index (κ3) is 10.6. The Balaban J connectivity index is 3.18. The molecular formula is C22H39N7O9. The van der Waals surface area contributed by atoms with Crippen LogP contribution in [0.1, 0.15) is 39.0 Å². The maximum Gasteiger partial charge on any atom is 0.245 e. The molecule has 16 nitrogen and oxygen atoms in total. The van der Waals surface area contributed by atoms with Gasteiger partial charge in [0.25, 0.3) is 0 Å². The Morgan fingerprint density at radius 2 is 1.71 bits per heavy atom. The predicted molar refractivity (Wildman–Crippen MR) is 132 cm³/mol. The number of aliphatic hydroxyl groups excluding tert-OH is 3. The molecule has 0 radical (unpaired) electrons. The second-order valence-corrected chi connectivity index (χ2v) is 8.90. The van der Waals surface area contributed by atoms with E-state index in [1.54, 1.807) is 0 Å². The summed E-state index contributed by atoms with van der Waals surface area (Å²) in [5.41, 5.74) is 5.14. The minimum Gasteiger partial charge on any atom is -0.394 e. The van der Waals surface area contributed by atoms with Gasteiger partial charge in [-0.15, -0.1) is 0 Å². The van der Waals surface area contributed by atoms with Crippen LogP contribution in [0.25, 0.3) is 0 Å². The molecule has 0 aromatic rings. The van der Waals surface area contributed by atoms with Crippen LogP contribution in [0.15, 0.2) is 0 Å². The van der Waals surface area contributed by atoms with E-state index in [1.165, 1.54) is 14.0 Å². The average molecular weight is 546 g/mol. The van der Waals surface area contributed by atoms with Crippen molar-refractivity contribution >= 4 is 35.4 Å². The monoisotopic (exact) mass is 545 g/mol. The molecule has 1 fully saturated rings. The molecule has 0 aromatic carbocycles. The number of nitrogens with one attached hydrogen (secondary N) is 6. The molecule has 38 heavy (non-hydrogen) atoms. The van der Waals surface area contributed by atoms with Crippen molar-refractivity contribution in [1.82, 2.24) is 31.9 Å². The fourth-order valence-corrected chi connectivity index (χ4v) is 3.61. The molecule has 1 rings (SSSR count). The standard InChI is InChI=1S/C22H39N7O9/c1-11(32)17-22(38)28-15(10-31)21(37)26-13(20(36)27-14(9-30)18(23)34)5-3-4-8-25-16(33)7-6-12(24-2)19(35)29-17/h11-15,17,24,30-32H,3-10H2,1-2H3,(H2,23,34)(H,25,33)(H,26,37)(H,27,36)(H,28,38)(H,29,35). The molecule has 216 valence electrons. The Bertz CT molecular complexity index is 855. The summed E-state index contributed by atoms with van der Waals surface area (Å²) >= 11 is 0. The Morgan fingerprint density at radius 1 is 1.03 bits per heavy atom. The van der Waals surface area contributed by atoms with Gasteiger partial charge in [0.05, 0.1) is 25.4 Å². The summed E-state index contributed by atoms with van der Waals surface area (Å²) < 4.78 is 0. The van der Waals surface area contributed by atoms with Gasteiger partial charge in [0, 0.05) is 13.0 Å². The Labute approximate surface area is 219 Å². The molecule has 0 spiro atoms. The summed E-state index contributed by atoms with van der Waals surface area (Å²) in [4.78, 5) is 74.7. The highest BCUT2D eigenvalue weighted by Crippen LogP contribution is 2.05. The number of rotatable bonds is 7. The van der Waals surface area contributed by atoms with Crippen molar-refractivity contribution in [2.75, 3.05) is 26.8 Å². The highest BCUT2D eigenvalue weighted by molar-refractivity contribution is 5.96. The maximum atomic E-state index is 12.8. The Morgan fingerprint density at radius 3 is 2.26 bits per heavy atom. The summed E-state index contributed by atoms with van der Waals surface area (Å²) in [6.07, 6.45) is -0.510. The van der Waals surface area contributed by atoms with E-state index < -0.39 is 79.1 Å². The number of amides is 6. The SMILES string of the molecule is CNC1CCC(=O)NCCCCC(C(=O)NC(CO)C(N)=O)NC(=O)C(CO)NC(=O)C(C(C)O)NC1=O. The molecule has 1 heterocycles. The highest BCUT2D eigenvalue weighted by atomic mass is 16.3. The summed E-state index contributed by atoms with van der Waals surface area (Å²) in [5, 5.41) is 43.7. The molecule has 1 saturated heterocycles. The molecule has 11 N–H and O–H groups in total. The predicted octanol–water partition coefficient (Wildman–Crippen LogP) is -5.56. The highest BCUT2D eigenvalue weighted by Gasteiger charge is 2.33. The first kappa shape index (κ1) is 32.7. The fraction of sp³-hybridized carbons (Fsp3) is 0.727. The van der Waals surface area contributed by atoms with Gasteiger partial charge in [0.1, 0.15) is 24.2 Å². The lowest BCUT2D eigenvalue weighted by Gasteiger charge is -2.27. The van der Waals surface area contributed by atoms with Gasteiger partial charge in [-0.05, 0) is 39.7 Å². The van der Waals surface area contributed by atoms with Gasteiger partial charge < -0.3 is 53.0 Å². The van der Waals surface area contributed by atoms with Crippen LogP contribution in [0.3, 0.4) is 0 Å². The molecule has 6 amide bonds. The van der Waals surface area contributed by atoms with E-state index in [4.69, 9.17) is 5.73 Å². The second kappa shape index (κ2) is 16.5. The first-order valence-corrected chi connectivity index (χ1v) is 12.3. The van der Waals surface area contributed by atoms with E-state index in [-0.39, 0.29) is 31.7 Å². The number of carbonyl (C=O) groups excluding carboxylic acids is 6. The van der Waals surface area contributed by atoms with Crippen LogP contribution in [-0.2, 0) is 28.8 Å². The second-order valence-electron chi connectivity index (χ2n) is 8.90. The topological polar surface area (TPSA) is 261 Å². The maximum absolute atomic E-state index is 12.8. The molecule has 1 aliphatic heterocycles. The largest absolute Gasteiger partial charge is 0.394 e. The van der Waals surface area contributed by atoms with Gasteiger partial charge in [-0.3, -0.25) is 28.8 Å². The van der Waals surface area contributed by atoms with Crippen LogP contribution in [0.5, 0.6) is 0 Å². The normalized spacial score (nSPS) is 26.3. The summed E-state index contributed by atoms with van der Waals surface area (Å²) in [5.74, 6) is -4.78. The molecule has 6 unspecified atom stereocenters. The number of primary amides is 1.